The summed E-state index contributed by atoms with van der Waals surface area (Å²) in [6.07, 6.45) is 0.829. The fraction of sp³-hybridized carbons (Fsp3) is 0.800. The number of hydrogen-bond acceptors (Lipinski definition) is 2. The minimum Gasteiger partial charge on any atom is -0.345 e. The topological polar surface area (TPSA) is 49.4 Å². The van der Waals surface area contributed by atoms with Crippen LogP contribution in [0.4, 0.5) is 0 Å². The van der Waals surface area contributed by atoms with Gasteiger partial charge in [-0.15, -0.1) is 0 Å². The van der Waals surface area contributed by atoms with Gasteiger partial charge in [-0.25, -0.2) is 0 Å². The summed E-state index contributed by atoms with van der Waals surface area (Å²) in [6.45, 7) is 5.23. The molecule has 4 heteroatoms. The third-order valence-corrected chi connectivity index (χ3v) is 3.31. The van der Waals surface area contributed by atoms with Gasteiger partial charge in [-0.3, -0.25) is 9.59 Å². The Morgan fingerprint density at radius 1 is 1.43 bits per heavy atom. The maximum absolute atomic E-state index is 11.5. The monoisotopic (exact) mass is 196 g/mol. The maximum Gasteiger partial charge on any atom is 0.243 e. The third-order valence-electron chi connectivity index (χ3n) is 3.31. The van der Waals surface area contributed by atoms with Crippen molar-refractivity contribution >= 4 is 11.8 Å². The Morgan fingerprint density at radius 3 is 2.71 bits per heavy atom. The fourth-order valence-corrected chi connectivity index (χ4v) is 2.26. The summed E-state index contributed by atoms with van der Waals surface area (Å²) in [6, 6.07) is -0.191. The molecular weight excluding hydrogens is 180 g/mol. The van der Waals surface area contributed by atoms with Crippen molar-refractivity contribution in [2.75, 3.05) is 13.1 Å². The zero-order valence-electron chi connectivity index (χ0n) is 8.62. The van der Waals surface area contributed by atoms with Crippen LogP contribution in [-0.4, -0.2) is 35.8 Å². The Hall–Kier alpha value is -1.06. The molecule has 1 N–H and O–H groups in total. The molecule has 2 amide bonds. The number of piperazine rings is 1. The van der Waals surface area contributed by atoms with E-state index in [1.807, 2.05) is 0 Å². The normalized spacial score (nSPS) is 32.1. The minimum atomic E-state index is -0.191. The molecule has 2 heterocycles. The van der Waals surface area contributed by atoms with E-state index < -0.39 is 0 Å². The molecule has 2 fully saturated rings. The van der Waals surface area contributed by atoms with Crippen LogP contribution in [0.1, 0.15) is 20.3 Å². The third kappa shape index (κ3) is 1.38. The van der Waals surface area contributed by atoms with E-state index in [4.69, 9.17) is 0 Å². The van der Waals surface area contributed by atoms with E-state index in [0.717, 1.165) is 13.0 Å². The molecule has 4 nitrogen and oxygen atoms in total. The van der Waals surface area contributed by atoms with Crippen LogP contribution in [0.5, 0.6) is 0 Å². The van der Waals surface area contributed by atoms with E-state index >= 15 is 0 Å². The van der Waals surface area contributed by atoms with Crippen molar-refractivity contribution in [1.82, 2.24) is 10.2 Å². The van der Waals surface area contributed by atoms with Crippen LogP contribution >= 0.6 is 0 Å². The number of hydrogen-bond donors (Lipinski definition) is 1. The van der Waals surface area contributed by atoms with Crippen LogP contribution in [0, 0.1) is 11.8 Å². The van der Waals surface area contributed by atoms with Crippen LogP contribution in [0.2, 0.25) is 0 Å². The van der Waals surface area contributed by atoms with Crippen LogP contribution in [-0.2, 0) is 9.59 Å². The Balaban J connectivity index is 2.14. The second-order valence-electron chi connectivity index (χ2n) is 4.52. The molecule has 0 unspecified atom stereocenters. The van der Waals surface area contributed by atoms with Crippen molar-refractivity contribution in [1.29, 1.82) is 0 Å². The number of amides is 2. The highest BCUT2D eigenvalue weighted by atomic mass is 16.2. The van der Waals surface area contributed by atoms with Gasteiger partial charge in [0.15, 0.2) is 0 Å². The first-order valence-electron chi connectivity index (χ1n) is 5.16. The Labute approximate surface area is 83.6 Å². The summed E-state index contributed by atoms with van der Waals surface area (Å²) < 4.78 is 0. The second-order valence-corrected chi connectivity index (χ2v) is 4.52. The smallest absolute Gasteiger partial charge is 0.243 e. The lowest BCUT2D eigenvalue weighted by Crippen LogP contribution is -2.55. The number of nitrogens with zero attached hydrogens (tertiary/aromatic N) is 1. The minimum absolute atomic E-state index is 0.0211. The molecule has 0 radical (unpaired) electrons. The van der Waals surface area contributed by atoms with Gasteiger partial charge >= 0.3 is 0 Å². The average molecular weight is 196 g/mol. The van der Waals surface area contributed by atoms with Gasteiger partial charge in [0.25, 0.3) is 0 Å². The summed E-state index contributed by atoms with van der Waals surface area (Å²) in [7, 11) is 0. The standard InChI is InChI=1S/C10H16N2O2/c1-6(2)7-3-8-10(14)11-4-9(13)12(8)5-7/h6-8H,3-5H2,1-2H3,(H,11,14)/t7-,8+/m1/s1. The predicted octanol–water partition coefficient (Wildman–Crippen LogP) is -0.0107. The van der Waals surface area contributed by atoms with Gasteiger partial charge in [-0.2, -0.15) is 0 Å². The zero-order valence-corrected chi connectivity index (χ0v) is 8.62. The first-order valence-corrected chi connectivity index (χ1v) is 5.16. The van der Waals surface area contributed by atoms with Crippen LogP contribution < -0.4 is 5.32 Å². The molecule has 0 aromatic rings. The molecule has 0 bridgehead atoms. The molecule has 0 saturated carbocycles. The Kier molecular flexibility index (Phi) is 2.21. The van der Waals surface area contributed by atoms with Gasteiger partial charge in [0.05, 0.1) is 6.54 Å². The van der Waals surface area contributed by atoms with E-state index in [1.54, 1.807) is 4.90 Å². The fourth-order valence-electron chi connectivity index (χ4n) is 2.26. The van der Waals surface area contributed by atoms with Gasteiger partial charge < -0.3 is 10.2 Å². The quantitative estimate of drug-likeness (QED) is 0.641. The van der Waals surface area contributed by atoms with Gasteiger partial charge in [0.2, 0.25) is 11.8 Å². The largest absolute Gasteiger partial charge is 0.345 e. The number of fused-ring (bicyclic) bond motifs is 1. The van der Waals surface area contributed by atoms with E-state index in [0.29, 0.717) is 11.8 Å². The molecule has 2 atom stereocenters. The van der Waals surface area contributed by atoms with Crippen molar-refractivity contribution in [3.8, 4) is 0 Å². The average Bonchev–Trinajstić information content (AvgIpc) is 2.57. The summed E-state index contributed by atoms with van der Waals surface area (Å²) in [5, 5.41) is 2.63. The first-order chi connectivity index (χ1) is 6.59. The molecule has 0 aliphatic carbocycles. The lowest BCUT2D eigenvalue weighted by molar-refractivity contribution is -0.143. The molecule has 78 valence electrons. The zero-order chi connectivity index (χ0) is 10.3. The van der Waals surface area contributed by atoms with Crippen molar-refractivity contribution in [2.24, 2.45) is 11.8 Å². The molecule has 2 rings (SSSR count). The highest BCUT2D eigenvalue weighted by molar-refractivity contribution is 5.95. The molecule has 2 aliphatic heterocycles. The van der Waals surface area contributed by atoms with Crippen molar-refractivity contribution < 1.29 is 9.59 Å². The number of rotatable bonds is 1. The maximum atomic E-state index is 11.5. The van der Waals surface area contributed by atoms with Gasteiger partial charge in [-0.1, -0.05) is 13.8 Å². The SMILES string of the molecule is CC(C)[C@@H]1C[C@H]2C(=O)NCC(=O)N2C1. The highest BCUT2D eigenvalue weighted by Gasteiger charge is 2.42. The van der Waals surface area contributed by atoms with Crippen molar-refractivity contribution in [3.05, 3.63) is 0 Å². The van der Waals surface area contributed by atoms with Crippen molar-refractivity contribution in [3.63, 3.8) is 0 Å². The molecular formula is C10H16N2O2. The molecule has 2 aliphatic rings. The molecule has 14 heavy (non-hydrogen) atoms. The number of carbonyl (C=O) groups excluding carboxylic acids is 2. The number of nitrogens with one attached hydrogen (secondary N) is 1. The summed E-state index contributed by atoms with van der Waals surface area (Å²) in [4.78, 5) is 24.7. The summed E-state index contributed by atoms with van der Waals surface area (Å²) >= 11 is 0. The van der Waals surface area contributed by atoms with E-state index in [1.165, 1.54) is 0 Å². The van der Waals surface area contributed by atoms with Crippen molar-refractivity contribution in [2.45, 2.75) is 26.3 Å². The molecule has 0 aromatic carbocycles. The van der Waals surface area contributed by atoms with E-state index in [9.17, 15) is 9.59 Å². The van der Waals surface area contributed by atoms with Crippen LogP contribution in [0.3, 0.4) is 0 Å². The lowest BCUT2D eigenvalue weighted by atomic mass is 9.93. The summed E-state index contributed by atoms with van der Waals surface area (Å²) in [5.41, 5.74) is 0. The molecule has 2 saturated heterocycles. The first kappa shape index (κ1) is 9.49. The second kappa shape index (κ2) is 3.26. The molecule has 0 spiro atoms. The highest BCUT2D eigenvalue weighted by Crippen LogP contribution is 2.30. The van der Waals surface area contributed by atoms with Crippen LogP contribution in [0.15, 0.2) is 0 Å². The Bertz CT molecular complexity index is 251. The number of carbonyl (C=O) groups is 2. The van der Waals surface area contributed by atoms with Gasteiger partial charge in [0.1, 0.15) is 6.04 Å². The van der Waals surface area contributed by atoms with Gasteiger partial charge in [0, 0.05) is 6.54 Å². The van der Waals surface area contributed by atoms with E-state index in [2.05, 4.69) is 19.2 Å². The summed E-state index contributed by atoms with van der Waals surface area (Å²) in [5.74, 6) is 1.11. The Morgan fingerprint density at radius 2 is 2.14 bits per heavy atom. The van der Waals surface area contributed by atoms with Gasteiger partial charge in [-0.05, 0) is 18.3 Å². The van der Waals surface area contributed by atoms with Crippen LogP contribution in [0.25, 0.3) is 0 Å². The predicted molar refractivity (Wildman–Crippen MR) is 51.5 cm³/mol. The lowest BCUT2D eigenvalue weighted by Gasteiger charge is -2.28. The molecule has 0 aromatic heterocycles. The van der Waals surface area contributed by atoms with E-state index in [-0.39, 0.29) is 24.4 Å².